The number of thiazole rings is 1. The fraction of sp³-hybridized carbons (Fsp3) is 0.857. The zero-order chi connectivity index (χ0) is 30.7. The molecule has 2 amide bonds. The molecule has 3 aliphatic carbocycles. The fourth-order valence-corrected chi connectivity index (χ4v) is 9.08. The predicted molar refractivity (Wildman–Crippen MR) is 173 cm³/mol. The van der Waals surface area contributed by atoms with Gasteiger partial charge < -0.3 is 19.7 Å². The maximum atomic E-state index is 14.3. The SMILES string of the molecule is C[C@@H](OCC1CCCCC1)[C@@H](COCC1CCCCC1)NC(=O)[C@@H]1CN(Cc2cncs2)CC12CN(C(=O)[C@H]1CC1(C)C)C2. The number of likely N-dealkylation sites (tertiary alicyclic amines) is 2. The molecule has 246 valence electrons. The maximum Gasteiger partial charge on any atom is 0.226 e. The third kappa shape index (κ3) is 7.69. The van der Waals surface area contributed by atoms with Gasteiger partial charge in [0.25, 0.3) is 0 Å². The molecule has 1 aromatic rings. The Morgan fingerprint density at radius 2 is 1.66 bits per heavy atom. The Balaban J connectivity index is 1.11. The molecule has 44 heavy (non-hydrogen) atoms. The van der Waals surface area contributed by atoms with E-state index in [9.17, 15) is 9.59 Å². The van der Waals surface area contributed by atoms with E-state index in [1.807, 2.05) is 16.6 Å². The van der Waals surface area contributed by atoms with Gasteiger partial charge in [0.2, 0.25) is 11.8 Å². The Kier molecular flexibility index (Phi) is 10.4. The van der Waals surface area contributed by atoms with Crippen molar-refractivity contribution in [3.05, 3.63) is 16.6 Å². The molecule has 1 aromatic heterocycles. The molecule has 1 spiro atoms. The van der Waals surface area contributed by atoms with Crippen molar-refractivity contribution in [1.29, 1.82) is 0 Å². The van der Waals surface area contributed by atoms with Crippen molar-refractivity contribution < 1.29 is 19.1 Å². The van der Waals surface area contributed by atoms with Crippen LogP contribution in [0.4, 0.5) is 0 Å². The zero-order valence-electron chi connectivity index (χ0n) is 27.4. The van der Waals surface area contributed by atoms with E-state index in [0.717, 1.165) is 32.7 Å². The molecular formula is C35H56N4O4S. The summed E-state index contributed by atoms with van der Waals surface area (Å²) in [4.78, 5) is 37.4. The highest BCUT2D eigenvalue weighted by molar-refractivity contribution is 7.09. The second-order valence-electron chi connectivity index (χ2n) is 15.7. The molecule has 5 fully saturated rings. The van der Waals surface area contributed by atoms with Gasteiger partial charge in [-0.3, -0.25) is 19.5 Å². The molecule has 2 aliphatic heterocycles. The number of amides is 2. The molecule has 5 aliphatic rings. The van der Waals surface area contributed by atoms with Crippen LogP contribution in [0.3, 0.4) is 0 Å². The lowest BCUT2D eigenvalue weighted by molar-refractivity contribution is -0.152. The summed E-state index contributed by atoms with van der Waals surface area (Å²) in [5.41, 5.74) is 1.78. The summed E-state index contributed by atoms with van der Waals surface area (Å²) in [6.07, 6.45) is 15.6. The van der Waals surface area contributed by atoms with Crippen LogP contribution in [0.1, 0.15) is 96.3 Å². The van der Waals surface area contributed by atoms with Crippen molar-refractivity contribution in [3.63, 3.8) is 0 Å². The van der Waals surface area contributed by atoms with Crippen molar-refractivity contribution in [2.24, 2.45) is 34.5 Å². The molecule has 3 saturated carbocycles. The van der Waals surface area contributed by atoms with E-state index in [2.05, 4.69) is 36.0 Å². The van der Waals surface area contributed by atoms with Crippen LogP contribution in [0.15, 0.2) is 11.7 Å². The number of nitrogens with one attached hydrogen (secondary N) is 1. The van der Waals surface area contributed by atoms with Crippen molar-refractivity contribution in [2.45, 2.75) is 110 Å². The Bertz CT molecular complexity index is 1090. The van der Waals surface area contributed by atoms with Crippen molar-refractivity contribution in [3.8, 4) is 0 Å². The van der Waals surface area contributed by atoms with Gasteiger partial charge in [0.1, 0.15) is 0 Å². The average Bonchev–Trinajstić information content (AvgIpc) is 3.33. The quantitative estimate of drug-likeness (QED) is 0.310. The highest BCUT2D eigenvalue weighted by atomic mass is 32.1. The summed E-state index contributed by atoms with van der Waals surface area (Å²) in [7, 11) is 0. The molecule has 0 unspecified atom stereocenters. The molecule has 4 atom stereocenters. The van der Waals surface area contributed by atoms with E-state index in [1.54, 1.807) is 11.3 Å². The monoisotopic (exact) mass is 628 g/mol. The van der Waals surface area contributed by atoms with E-state index in [0.29, 0.717) is 38.1 Å². The standard InChI is InChI=1S/C35H56N4O4S/c1-25(43-19-27-12-8-5-9-13-27)31(20-42-18-26-10-6-4-7-11-26)37-32(40)30-17-38(16-28-15-36-24-44-28)21-35(30)22-39(23-35)33(41)29-14-34(29,2)3/h15,24-27,29-31H,4-14,16-23H2,1-3H3,(H,37,40)/t25-,29-,30+,31-/m1/s1. The minimum Gasteiger partial charge on any atom is -0.379 e. The summed E-state index contributed by atoms with van der Waals surface area (Å²) >= 11 is 1.66. The minimum atomic E-state index is -0.205. The number of rotatable bonds is 13. The predicted octanol–water partition coefficient (Wildman–Crippen LogP) is 5.52. The third-order valence-corrected chi connectivity index (χ3v) is 12.4. The molecule has 0 aromatic carbocycles. The van der Waals surface area contributed by atoms with Crippen LogP contribution in [-0.2, 0) is 25.6 Å². The van der Waals surface area contributed by atoms with Crippen molar-refractivity contribution in [2.75, 3.05) is 46.0 Å². The van der Waals surface area contributed by atoms with Crippen LogP contribution in [-0.4, -0.2) is 84.7 Å². The molecule has 1 N–H and O–H groups in total. The van der Waals surface area contributed by atoms with E-state index < -0.39 is 0 Å². The van der Waals surface area contributed by atoms with Gasteiger partial charge in [0.15, 0.2) is 0 Å². The van der Waals surface area contributed by atoms with E-state index in [4.69, 9.17) is 9.47 Å². The number of carbonyl (C=O) groups is 2. The van der Waals surface area contributed by atoms with Gasteiger partial charge in [-0.1, -0.05) is 52.4 Å². The summed E-state index contributed by atoms with van der Waals surface area (Å²) in [5.74, 6) is 1.59. The first kappa shape index (κ1) is 32.4. The number of hydrogen-bond donors (Lipinski definition) is 1. The van der Waals surface area contributed by atoms with Crippen LogP contribution in [0.5, 0.6) is 0 Å². The Labute approximate surface area is 269 Å². The summed E-state index contributed by atoms with van der Waals surface area (Å²) in [6.45, 7) is 12.2. The summed E-state index contributed by atoms with van der Waals surface area (Å²) in [6, 6.07) is -0.188. The topological polar surface area (TPSA) is 84.0 Å². The summed E-state index contributed by atoms with van der Waals surface area (Å²) < 4.78 is 12.8. The van der Waals surface area contributed by atoms with Crippen LogP contribution in [0.2, 0.25) is 0 Å². The zero-order valence-corrected chi connectivity index (χ0v) is 28.3. The lowest BCUT2D eigenvalue weighted by Crippen LogP contribution is -2.65. The van der Waals surface area contributed by atoms with Crippen LogP contribution in [0, 0.1) is 34.5 Å². The molecule has 6 rings (SSSR count). The van der Waals surface area contributed by atoms with E-state index >= 15 is 0 Å². The first-order chi connectivity index (χ1) is 21.2. The minimum absolute atomic E-state index is 0.0926. The first-order valence-corrected chi connectivity index (χ1v) is 18.5. The van der Waals surface area contributed by atoms with Gasteiger partial charge in [0, 0.05) is 68.3 Å². The van der Waals surface area contributed by atoms with Gasteiger partial charge in [-0.2, -0.15) is 0 Å². The van der Waals surface area contributed by atoms with Crippen LogP contribution >= 0.6 is 11.3 Å². The molecule has 9 heteroatoms. The van der Waals surface area contributed by atoms with E-state index in [1.165, 1.54) is 69.1 Å². The van der Waals surface area contributed by atoms with Crippen LogP contribution in [0.25, 0.3) is 0 Å². The maximum absolute atomic E-state index is 14.3. The van der Waals surface area contributed by atoms with Gasteiger partial charge >= 0.3 is 0 Å². The smallest absolute Gasteiger partial charge is 0.226 e. The lowest BCUT2D eigenvalue weighted by Gasteiger charge is -2.51. The normalized spacial score (nSPS) is 28.5. The molecular weight excluding hydrogens is 572 g/mol. The Morgan fingerprint density at radius 1 is 1.00 bits per heavy atom. The molecule has 2 saturated heterocycles. The third-order valence-electron chi connectivity index (χ3n) is 11.6. The summed E-state index contributed by atoms with van der Waals surface area (Å²) in [5, 5.41) is 3.45. The van der Waals surface area contributed by atoms with Gasteiger partial charge in [0.05, 0.1) is 30.2 Å². The average molecular weight is 629 g/mol. The van der Waals surface area contributed by atoms with E-state index in [-0.39, 0.29) is 46.6 Å². The number of aromatic nitrogens is 1. The molecule has 0 radical (unpaired) electrons. The fourth-order valence-electron chi connectivity index (χ4n) is 8.44. The van der Waals surface area contributed by atoms with Crippen molar-refractivity contribution in [1.82, 2.24) is 20.1 Å². The number of nitrogens with zero attached hydrogens (tertiary/aromatic N) is 3. The molecule has 0 bridgehead atoms. The first-order valence-electron chi connectivity index (χ1n) is 17.6. The number of carbonyl (C=O) groups excluding carboxylic acids is 2. The highest BCUT2D eigenvalue weighted by Gasteiger charge is 2.61. The van der Waals surface area contributed by atoms with Gasteiger partial charge in [-0.05, 0) is 56.3 Å². The Morgan fingerprint density at radius 3 is 2.27 bits per heavy atom. The number of ether oxygens (including phenoxy) is 2. The van der Waals surface area contributed by atoms with Crippen LogP contribution < -0.4 is 5.32 Å². The number of hydrogen-bond acceptors (Lipinski definition) is 7. The highest BCUT2D eigenvalue weighted by Crippen LogP contribution is 2.54. The second-order valence-corrected chi connectivity index (χ2v) is 16.7. The second kappa shape index (κ2) is 14.1. The Hall–Kier alpha value is -1.55. The lowest BCUT2D eigenvalue weighted by atomic mass is 9.70. The van der Waals surface area contributed by atoms with Crippen molar-refractivity contribution >= 4 is 23.2 Å². The molecule has 3 heterocycles. The van der Waals surface area contributed by atoms with Gasteiger partial charge in [-0.15, -0.1) is 11.3 Å². The largest absolute Gasteiger partial charge is 0.379 e. The molecule has 8 nitrogen and oxygen atoms in total. The van der Waals surface area contributed by atoms with Gasteiger partial charge in [-0.25, -0.2) is 0 Å².